The zero-order valence-corrected chi connectivity index (χ0v) is 8.29. The van der Waals surface area contributed by atoms with Crippen LogP contribution in [0.3, 0.4) is 0 Å². The highest BCUT2D eigenvalue weighted by atomic mass is 16.3. The molecule has 0 aromatic heterocycles. The van der Waals surface area contributed by atoms with Crippen LogP contribution < -0.4 is 0 Å². The van der Waals surface area contributed by atoms with Crippen LogP contribution in [0.15, 0.2) is 0 Å². The fourth-order valence-corrected chi connectivity index (χ4v) is 1.20. The minimum absolute atomic E-state index is 0.522. The van der Waals surface area contributed by atoms with E-state index >= 15 is 0 Å². The number of aliphatic hydroxyl groups excluding tert-OH is 2. The molecule has 2 nitrogen and oxygen atoms in total. The fraction of sp³-hybridized carbons (Fsp3) is 1.00. The normalized spacial score (nSPS) is 16.0. The lowest BCUT2D eigenvalue weighted by atomic mass is 10.1. The largest absolute Gasteiger partial charge is 0.391 e. The molecule has 0 saturated heterocycles. The van der Waals surface area contributed by atoms with Gasteiger partial charge in [-0.15, -0.1) is 0 Å². The quantitative estimate of drug-likeness (QED) is 0.580. The second-order valence-corrected chi connectivity index (χ2v) is 3.51. The SMILES string of the molecule is CCCCCCC[C@H](O)[C@@H](C)O. The van der Waals surface area contributed by atoms with Crippen LogP contribution in [0.1, 0.15) is 52.4 Å². The van der Waals surface area contributed by atoms with Crippen molar-refractivity contribution in [2.24, 2.45) is 0 Å². The lowest BCUT2D eigenvalue weighted by Crippen LogP contribution is -2.21. The Balaban J connectivity index is 3.08. The molecule has 0 saturated carbocycles. The summed E-state index contributed by atoms with van der Waals surface area (Å²) < 4.78 is 0. The van der Waals surface area contributed by atoms with Gasteiger partial charge in [-0.1, -0.05) is 39.0 Å². The fourth-order valence-electron chi connectivity index (χ4n) is 1.20. The Bertz CT molecular complexity index is 91.8. The van der Waals surface area contributed by atoms with E-state index in [2.05, 4.69) is 6.92 Å². The van der Waals surface area contributed by atoms with Crippen LogP contribution >= 0.6 is 0 Å². The smallest absolute Gasteiger partial charge is 0.0796 e. The second kappa shape index (κ2) is 7.56. The molecule has 12 heavy (non-hydrogen) atoms. The van der Waals surface area contributed by atoms with Crippen LogP contribution in [0.4, 0.5) is 0 Å². The molecule has 2 atom stereocenters. The van der Waals surface area contributed by atoms with Gasteiger partial charge in [0.15, 0.2) is 0 Å². The Hall–Kier alpha value is -0.0800. The highest BCUT2D eigenvalue weighted by molar-refractivity contribution is 4.61. The topological polar surface area (TPSA) is 40.5 Å². The summed E-state index contributed by atoms with van der Waals surface area (Å²) in [5, 5.41) is 18.2. The van der Waals surface area contributed by atoms with Gasteiger partial charge in [0.05, 0.1) is 12.2 Å². The van der Waals surface area contributed by atoms with E-state index in [1.54, 1.807) is 6.92 Å². The molecule has 0 fully saturated rings. The Labute approximate surface area is 75.6 Å². The van der Waals surface area contributed by atoms with Gasteiger partial charge in [0.1, 0.15) is 0 Å². The first kappa shape index (κ1) is 11.9. The monoisotopic (exact) mass is 174 g/mol. The van der Waals surface area contributed by atoms with Crippen LogP contribution in [-0.2, 0) is 0 Å². The van der Waals surface area contributed by atoms with Gasteiger partial charge >= 0.3 is 0 Å². The molecule has 2 N–H and O–H groups in total. The van der Waals surface area contributed by atoms with Crippen molar-refractivity contribution in [3.05, 3.63) is 0 Å². The Morgan fingerprint density at radius 1 is 1.00 bits per heavy atom. The molecule has 0 unspecified atom stereocenters. The Kier molecular flexibility index (Phi) is 7.51. The van der Waals surface area contributed by atoms with Crippen molar-refractivity contribution < 1.29 is 10.2 Å². The summed E-state index contributed by atoms with van der Waals surface area (Å²) in [4.78, 5) is 0. The molecular formula is C10H22O2. The molecule has 0 aliphatic rings. The first-order valence-corrected chi connectivity index (χ1v) is 5.04. The van der Waals surface area contributed by atoms with Crippen molar-refractivity contribution in [2.75, 3.05) is 0 Å². The lowest BCUT2D eigenvalue weighted by Gasteiger charge is -2.12. The molecule has 0 aliphatic heterocycles. The first-order valence-electron chi connectivity index (χ1n) is 5.04. The third-order valence-electron chi connectivity index (χ3n) is 2.16. The third-order valence-corrected chi connectivity index (χ3v) is 2.16. The third kappa shape index (κ3) is 6.62. The van der Waals surface area contributed by atoms with Gasteiger partial charge < -0.3 is 10.2 Å². The van der Waals surface area contributed by atoms with Gasteiger partial charge in [-0.3, -0.25) is 0 Å². The maximum Gasteiger partial charge on any atom is 0.0796 e. The van der Waals surface area contributed by atoms with Gasteiger partial charge in [-0.25, -0.2) is 0 Å². The number of hydrogen-bond acceptors (Lipinski definition) is 2. The standard InChI is InChI=1S/C10H22O2/c1-3-4-5-6-7-8-10(12)9(2)11/h9-12H,3-8H2,1-2H3/t9-,10+/m1/s1. The zero-order valence-electron chi connectivity index (χ0n) is 8.29. The number of aliphatic hydroxyl groups is 2. The molecule has 0 radical (unpaired) electrons. The van der Waals surface area contributed by atoms with Gasteiger partial charge in [0.2, 0.25) is 0 Å². The van der Waals surface area contributed by atoms with Gasteiger partial charge in [0.25, 0.3) is 0 Å². The molecule has 2 heteroatoms. The number of unbranched alkanes of at least 4 members (excludes halogenated alkanes) is 4. The molecule has 0 aromatic carbocycles. The van der Waals surface area contributed by atoms with E-state index in [9.17, 15) is 5.11 Å². The van der Waals surface area contributed by atoms with Crippen LogP contribution in [0.5, 0.6) is 0 Å². The predicted octanol–water partition coefficient (Wildman–Crippen LogP) is 2.09. The molecule has 0 heterocycles. The van der Waals surface area contributed by atoms with Gasteiger partial charge in [-0.05, 0) is 13.3 Å². The minimum Gasteiger partial charge on any atom is -0.391 e. The summed E-state index contributed by atoms with van der Waals surface area (Å²) in [6.45, 7) is 3.82. The van der Waals surface area contributed by atoms with Crippen molar-refractivity contribution in [1.29, 1.82) is 0 Å². The Morgan fingerprint density at radius 3 is 2.08 bits per heavy atom. The predicted molar refractivity (Wildman–Crippen MR) is 51.1 cm³/mol. The average Bonchev–Trinajstić information content (AvgIpc) is 2.03. The van der Waals surface area contributed by atoms with E-state index in [-0.39, 0.29) is 0 Å². The van der Waals surface area contributed by atoms with E-state index in [0.717, 1.165) is 12.8 Å². The van der Waals surface area contributed by atoms with Crippen molar-refractivity contribution in [3.63, 3.8) is 0 Å². The number of rotatable bonds is 7. The minimum atomic E-state index is -0.573. The summed E-state index contributed by atoms with van der Waals surface area (Å²) in [5.41, 5.74) is 0. The maximum atomic E-state index is 9.23. The summed E-state index contributed by atoms with van der Waals surface area (Å²) in [7, 11) is 0. The van der Waals surface area contributed by atoms with Crippen LogP contribution in [0, 0.1) is 0 Å². The highest BCUT2D eigenvalue weighted by Gasteiger charge is 2.09. The lowest BCUT2D eigenvalue weighted by molar-refractivity contribution is 0.0247. The zero-order chi connectivity index (χ0) is 9.40. The summed E-state index contributed by atoms with van der Waals surface area (Å²) in [6.07, 6.45) is 5.64. The molecule has 0 aromatic rings. The van der Waals surface area contributed by atoms with Crippen molar-refractivity contribution in [1.82, 2.24) is 0 Å². The summed E-state index contributed by atoms with van der Waals surface area (Å²) in [6, 6.07) is 0. The van der Waals surface area contributed by atoms with Crippen molar-refractivity contribution in [2.45, 2.75) is 64.6 Å². The van der Waals surface area contributed by atoms with Gasteiger partial charge in [0, 0.05) is 0 Å². The van der Waals surface area contributed by atoms with E-state index < -0.39 is 12.2 Å². The maximum absolute atomic E-state index is 9.23. The van der Waals surface area contributed by atoms with E-state index in [1.807, 2.05) is 0 Å². The summed E-state index contributed by atoms with van der Waals surface area (Å²) >= 11 is 0. The van der Waals surface area contributed by atoms with E-state index in [4.69, 9.17) is 5.11 Å². The average molecular weight is 174 g/mol. The summed E-state index contributed by atoms with van der Waals surface area (Å²) in [5.74, 6) is 0. The van der Waals surface area contributed by atoms with Crippen LogP contribution in [-0.4, -0.2) is 22.4 Å². The number of hydrogen-bond donors (Lipinski definition) is 2. The van der Waals surface area contributed by atoms with Crippen molar-refractivity contribution in [3.8, 4) is 0 Å². The molecule has 0 rings (SSSR count). The molecule has 0 amide bonds. The molecule has 0 bridgehead atoms. The molecule has 0 spiro atoms. The Morgan fingerprint density at radius 2 is 1.58 bits per heavy atom. The van der Waals surface area contributed by atoms with E-state index in [0.29, 0.717) is 0 Å². The molecule has 74 valence electrons. The van der Waals surface area contributed by atoms with Crippen molar-refractivity contribution >= 4 is 0 Å². The highest BCUT2D eigenvalue weighted by Crippen LogP contribution is 2.08. The molecule has 0 aliphatic carbocycles. The molecular weight excluding hydrogens is 152 g/mol. The second-order valence-electron chi connectivity index (χ2n) is 3.51. The van der Waals surface area contributed by atoms with Gasteiger partial charge in [-0.2, -0.15) is 0 Å². The van der Waals surface area contributed by atoms with Crippen LogP contribution in [0.25, 0.3) is 0 Å². The van der Waals surface area contributed by atoms with Crippen LogP contribution in [0.2, 0.25) is 0 Å². The first-order chi connectivity index (χ1) is 5.68. The van der Waals surface area contributed by atoms with E-state index in [1.165, 1.54) is 25.7 Å².